The summed E-state index contributed by atoms with van der Waals surface area (Å²) in [7, 11) is 0. The molecule has 82 valence electrons. The van der Waals surface area contributed by atoms with Crippen LogP contribution in [-0.2, 0) is 4.74 Å². The van der Waals surface area contributed by atoms with Gasteiger partial charge in [-0.05, 0) is 18.6 Å². The summed E-state index contributed by atoms with van der Waals surface area (Å²) in [4.78, 5) is 11.2. The first-order valence-electron chi connectivity index (χ1n) is 4.38. The molecule has 1 aromatic carbocycles. The first kappa shape index (κ1) is 12.1. The van der Waals surface area contributed by atoms with Crippen molar-refractivity contribution < 1.29 is 18.3 Å². The second-order valence-corrected chi connectivity index (χ2v) is 3.80. The number of hydrogen-bond acceptors (Lipinski definition) is 2. The third kappa shape index (κ3) is 2.99. The van der Waals surface area contributed by atoms with E-state index < -0.39 is 23.2 Å². The Morgan fingerprint density at radius 3 is 2.40 bits per heavy atom. The highest BCUT2D eigenvalue weighted by Crippen LogP contribution is 2.20. The van der Waals surface area contributed by atoms with Crippen LogP contribution in [0.1, 0.15) is 23.7 Å². The van der Waals surface area contributed by atoms with Gasteiger partial charge in [-0.1, -0.05) is 22.9 Å². The predicted octanol–water partition coefficient (Wildman–Crippen LogP) is 3.29. The molecule has 0 aromatic heterocycles. The summed E-state index contributed by atoms with van der Waals surface area (Å²) < 4.78 is 31.3. The first-order valence-corrected chi connectivity index (χ1v) is 5.17. The topological polar surface area (TPSA) is 26.3 Å². The molecule has 0 aliphatic carbocycles. The first-order chi connectivity index (χ1) is 7.06. The second-order valence-electron chi connectivity index (χ2n) is 2.88. The number of carbonyl (C=O) groups is 1. The molecule has 0 aliphatic rings. The standard InChI is InChI=1S/C10H9BrF2O2/c1-2-3-15-10(14)9-7(12)4-6(11)5-8(9)13/h4-5H,2-3H2,1H3. The highest BCUT2D eigenvalue weighted by molar-refractivity contribution is 9.10. The van der Waals surface area contributed by atoms with Crippen LogP contribution in [0, 0.1) is 11.6 Å². The Kier molecular flexibility index (Phi) is 4.20. The van der Waals surface area contributed by atoms with Gasteiger partial charge in [0.2, 0.25) is 0 Å². The molecule has 5 heteroatoms. The molecule has 0 atom stereocenters. The Morgan fingerprint density at radius 2 is 1.93 bits per heavy atom. The smallest absolute Gasteiger partial charge is 0.344 e. The minimum Gasteiger partial charge on any atom is -0.462 e. The Balaban J connectivity index is 2.98. The summed E-state index contributed by atoms with van der Waals surface area (Å²) in [5, 5.41) is 0. The van der Waals surface area contributed by atoms with Crippen molar-refractivity contribution >= 4 is 21.9 Å². The van der Waals surface area contributed by atoms with Crippen molar-refractivity contribution in [1.29, 1.82) is 0 Å². The number of esters is 1. The fraction of sp³-hybridized carbons (Fsp3) is 0.300. The van der Waals surface area contributed by atoms with Crippen LogP contribution in [-0.4, -0.2) is 12.6 Å². The van der Waals surface area contributed by atoms with Gasteiger partial charge in [0, 0.05) is 4.47 Å². The lowest BCUT2D eigenvalue weighted by molar-refractivity contribution is 0.0494. The van der Waals surface area contributed by atoms with Gasteiger partial charge in [0.25, 0.3) is 0 Å². The molecule has 2 nitrogen and oxygen atoms in total. The summed E-state index contributed by atoms with van der Waals surface area (Å²) >= 11 is 2.92. The summed E-state index contributed by atoms with van der Waals surface area (Å²) in [5.41, 5.74) is -0.647. The SMILES string of the molecule is CCCOC(=O)c1c(F)cc(Br)cc1F. The van der Waals surface area contributed by atoms with Gasteiger partial charge in [0.1, 0.15) is 17.2 Å². The molecule has 0 bridgehead atoms. The van der Waals surface area contributed by atoms with Crippen molar-refractivity contribution in [1.82, 2.24) is 0 Å². The summed E-state index contributed by atoms with van der Waals surface area (Å²) in [6.45, 7) is 1.94. The molecule has 0 unspecified atom stereocenters. The lowest BCUT2D eigenvalue weighted by Gasteiger charge is -2.05. The van der Waals surface area contributed by atoms with E-state index in [0.717, 1.165) is 12.1 Å². The molecule has 0 spiro atoms. The van der Waals surface area contributed by atoms with Gasteiger partial charge in [-0.15, -0.1) is 0 Å². The number of carbonyl (C=O) groups excluding carboxylic acids is 1. The number of hydrogen-bond donors (Lipinski definition) is 0. The molecule has 1 rings (SSSR count). The maximum Gasteiger partial charge on any atom is 0.344 e. The monoisotopic (exact) mass is 278 g/mol. The van der Waals surface area contributed by atoms with E-state index in [1.165, 1.54) is 0 Å². The van der Waals surface area contributed by atoms with Gasteiger partial charge in [0.15, 0.2) is 0 Å². The van der Waals surface area contributed by atoms with E-state index in [1.54, 1.807) is 6.92 Å². The lowest BCUT2D eigenvalue weighted by atomic mass is 10.2. The Hall–Kier alpha value is -0.970. The third-order valence-corrected chi connectivity index (χ3v) is 2.11. The molecular formula is C10H9BrF2O2. The van der Waals surface area contributed by atoms with Crippen molar-refractivity contribution in [2.75, 3.05) is 6.61 Å². The van der Waals surface area contributed by atoms with Gasteiger partial charge in [-0.25, -0.2) is 13.6 Å². The van der Waals surface area contributed by atoms with Crippen LogP contribution in [0.3, 0.4) is 0 Å². The third-order valence-electron chi connectivity index (χ3n) is 1.65. The van der Waals surface area contributed by atoms with E-state index in [2.05, 4.69) is 20.7 Å². The molecule has 0 fully saturated rings. The zero-order valence-electron chi connectivity index (χ0n) is 8.02. The fourth-order valence-corrected chi connectivity index (χ4v) is 1.41. The minimum atomic E-state index is -0.973. The van der Waals surface area contributed by atoms with Crippen LogP contribution < -0.4 is 0 Å². The van der Waals surface area contributed by atoms with E-state index in [1.807, 2.05) is 0 Å². The van der Waals surface area contributed by atoms with Crippen LogP contribution in [0.15, 0.2) is 16.6 Å². The van der Waals surface area contributed by atoms with Crippen LogP contribution in [0.4, 0.5) is 8.78 Å². The van der Waals surface area contributed by atoms with Crippen molar-refractivity contribution in [3.8, 4) is 0 Å². The van der Waals surface area contributed by atoms with Gasteiger partial charge >= 0.3 is 5.97 Å². The van der Waals surface area contributed by atoms with Gasteiger partial charge in [0.05, 0.1) is 6.61 Å². The molecule has 0 N–H and O–H groups in total. The zero-order valence-corrected chi connectivity index (χ0v) is 9.61. The van der Waals surface area contributed by atoms with Crippen molar-refractivity contribution in [2.24, 2.45) is 0 Å². The van der Waals surface area contributed by atoms with Crippen LogP contribution in [0.5, 0.6) is 0 Å². The van der Waals surface area contributed by atoms with Crippen LogP contribution in [0.25, 0.3) is 0 Å². The number of benzene rings is 1. The average molecular weight is 279 g/mol. The van der Waals surface area contributed by atoms with Gasteiger partial charge in [-0.2, -0.15) is 0 Å². The van der Waals surface area contributed by atoms with Crippen molar-refractivity contribution in [3.05, 3.63) is 33.8 Å². The fourth-order valence-electron chi connectivity index (χ4n) is 1.00. The van der Waals surface area contributed by atoms with Gasteiger partial charge < -0.3 is 4.74 Å². The molecule has 0 saturated carbocycles. The Bertz CT molecular complexity index is 357. The van der Waals surface area contributed by atoms with Crippen molar-refractivity contribution in [2.45, 2.75) is 13.3 Å². The number of halogens is 3. The van der Waals surface area contributed by atoms with Gasteiger partial charge in [-0.3, -0.25) is 0 Å². The molecular weight excluding hydrogens is 270 g/mol. The van der Waals surface area contributed by atoms with Crippen LogP contribution in [0.2, 0.25) is 0 Å². The Labute approximate surface area is 94.4 Å². The normalized spacial score (nSPS) is 10.1. The minimum absolute atomic E-state index is 0.147. The quantitative estimate of drug-likeness (QED) is 0.793. The lowest BCUT2D eigenvalue weighted by Crippen LogP contribution is -2.10. The van der Waals surface area contributed by atoms with E-state index in [-0.39, 0.29) is 11.1 Å². The highest BCUT2D eigenvalue weighted by Gasteiger charge is 2.19. The number of ether oxygens (including phenoxy) is 1. The molecule has 0 radical (unpaired) electrons. The zero-order chi connectivity index (χ0) is 11.4. The molecule has 0 saturated heterocycles. The molecule has 0 aliphatic heterocycles. The van der Waals surface area contributed by atoms with E-state index in [9.17, 15) is 13.6 Å². The summed E-state index contributed by atoms with van der Waals surface area (Å²) in [5.74, 6) is -2.83. The molecule has 1 aromatic rings. The van der Waals surface area contributed by atoms with E-state index >= 15 is 0 Å². The average Bonchev–Trinajstić information content (AvgIpc) is 2.12. The maximum atomic E-state index is 13.2. The summed E-state index contributed by atoms with van der Waals surface area (Å²) in [6.07, 6.45) is 0.603. The molecule has 15 heavy (non-hydrogen) atoms. The highest BCUT2D eigenvalue weighted by atomic mass is 79.9. The largest absolute Gasteiger partial charge is 0.462 e. The van der Waals surface area contributed by atoms with E-state index in [0.29, 0.717) is 6.42 Å². The maximum absolute atomic E-state index is 13.2. The van der Waals surface area contributed by atoms with Crippen LogP contribution >= 0.6 is 15.9 Å². The van der Waals surface area contributed by atoms with Crippen molar-refractivity contribution in [3.63, 3.8) is 0 Å². The van der Waals surface area contributed by atoms with E-state index in [4.69, 9.17) is 0 Å². The molecule has 0 heterocycles. The molecule has 0 amide bonds. The Morgan fingerprint density at radius 1 is 1.40 bits per heavy atom. The predicted molar refractivity (Wildman–Crippen MR) is 54.6 cm³/mol. The second kappa shape index (κ2) is 5.21. The summed E-state index contributed by atoms with van der Waals surface area (Å²) in [6, 6.07) is 2.04. The number of rotatable bonds is 3.